The summed E-state index contributed by atoms with van der Waals surface area (Å²) < 4.78 is 17.4. The van der Waals surface area contributed by atoms with Crippen LogP contribution in [0.15, 0.2) is 208 Å². The number of furan rings is 1. The predicted octanol–water partition coefficient (Wildman–Crippen LogP) is 6.83. The van der Waals surface area contributed by atoms with Crippen molar-refractivity contribution >= 4 is 80.2 Å². The van der Waals surface area contributed by atoms with Gasteiger partial charge in [-0.05, 0) is 43.3 Å². The second-order valence-electron chi connectivity index (χ2n) is 11.4. The number of hydrogen-bond acceptors (Lipinski definition) is 3. The van der Waals surface area contributed by atoms with Gasteiger partial charge in [0.15, 0.2) is 0 Å². The Bertz CT molecular complexity index is 1760. The molecule has 0 aliphatic heterocycles. The zero-order valence-corrected chi connectivity index (χ0v) is 31.7. The first-order valence-electron chi connectivity index (χ1n) is 16.1. The van der Waals surface area contributed by atoms with Crippen LogP contribution in [0.3, 0.4) is 0 Å². The van der Waals surface area contributed by atoms with Gasteiger partial charge >= 0.3 is 33.3 Å². The van der Waals surface area contributed by atoms with Crippen molar-refractivity contribution in [2.75, 3.05) is 0 Å². The van der Waals surface area contributed by atoms with Gasteiger partial charge in [0, 0.05) is 0 Å². The molecule has 7 rings (SSSR count). The van der Waals surface area contributed by atoms with E-state index in [4.69, 9.17) is 33.9 Å². The normalized spacial score (nSPS) is 11.8. The number of benzene rings is 6. The van der Waals surface area contributed by atoms with Crippen molar-refractivity contribution in [1.82, 2.24) is 0 Å². The molecule has 50 heavy (non-hydrogen) atoms. The van der Waals surface area contributed by atoms with Gasteiger partial charge in [0.05, 0.1) is 12.4 Å². The number of halogens is 2. The Labute approximate surface area is 310 Å². The molecule has 1 aromatic heterocycles. The summed E-state index contributed by atoms with van der Waals surface area (Å²) in [7, 11) is 3.94. The Kier molecular flexibility index (Phi) is 12.3. The third-order valence-electron chi connectivity index (χ3n) is 8.57. The van der Waals surface area contributed by atoms with Crippen LogP contribution in [0.4, 0.5) is 0 Å². The van der Waals surface area contributed by atoms with E-state index >= 15 is 0 Å². The molecule has 7 aromatic rings. The van der Waals surface area contributed by atoms with Gasteiger partial charge in [0.2, 0.25) is 0 Å². The van der Waals surface area contributed by atoms with Gasteiger partial charge < -0.3 is 13.7 Å². The summed E-state index contributed by atoms with van der Waals surface area (Å²) >= 11 is 0.194. The molecule has 0 N–H and O–H groups in total. The zero-order valence-electron chi connectivity index (χ0n) is 27.0. The average molecular weight is 766 g/mol. The van der Waals surface area contributed by atoms with Crippen LogP contribution in [0.1, 0.15) is 11.5 Å². The van der Waals surface area contributed by atoms with Crippen LogP contribution in [-0.2, 0) is 13.1 Å². The Morgan fingerprint density at radius 1 is 0.360 bits per heavy atom. The van der Waals surface area contributed by atoms with Gasteiger partial charge in [-0.2, -0.15) is 0 Å². The van der Waals surface area contributed by atoms with E-state index in [9.17, 15) is 0 Å². The molecule has 0 saturated carbocycles. The molecule has 0 saturated heterocycles. The predicted molar refractivity (Wildman–Crippen MR) is 214 cm³/mol. The van der Waals surface area contributed by atoms with Crippen molar-refractivity contribution in [2.24, 2.45) is 9.32 Å². The molecule has 0 spiro atoms. The number of nitrogens with zero attached hydrogens (tertiary/aromatic N) is 2. The fourth-order valence-electron chi connectivity index (χ4n) is 6.35. The molecule has 6 aromatic carbocycles. The van der Waals surface area contributed by atoms with Gasteiger partial charge in [0.1, 0.15) is 11.5 Å². The molecular formula is C42H34Cl2FeN2OSi2. The van der Waals surface area contributed by atoms with Crippen LogP contribution >= 0.6 is 20.2 Å². The summed E-state index contributed by atoms with van der Waals surface area (Å²) in [6.07, 6.45) is 3.82. The fraction of sp³-hybridized carbons (Fsp3) is 0. The monoisotopic (exact) mass is 764 g/mol. The molecule has 0 fully saturated rings. The van der Waals surface area contributed by atoms with Gasteiger partial charge in [-0.15, -0.1) is 0 Å². The van der Waals surface area contributed by atoms with E-state index in [1.807, 2.05) is 24.6 Å². The second-order valence-corrected chi connectivity index (χ2v) is 20.1. The maximum absolute atomic E-state index is 6.44. The van der Waals surface area contributed by atoms with Crippen LogP contribution < -0.4 is 31.1 Å². The minimum atomic E-state index is -2.80. The van der Waals surface area contributed by atoms with Crippen LogP contribution in [0, 0.1) is 0 Å². The molecule has 3 nitrogen and oxygen atoms in total. The molecular weight excluding hydrogens is 731 g/mol. The molecule has 8 heteroatoms. The summed E-state index contributed by atoms with van der Waals surface area (Å²) in [5.74, 6) is 1.38. The van der Waals surface area contributed by atoms with Crippen LogP contribution in [0.2, 0.25) is 0 Å². The van der Waals surface area contributed by atoms with Gasteiger partial charge in [-0.25, -0.2) is 0 Å². The van der Waals surface area contributed by atoms with E-state index in [0.717, 1.165) is 0 Å². The van der Waals surface area contributed by atoms with Crippen molar-refractivity contribution < 1.29 is 17.6 Å². The summed E-state index contributed by atoms with van der Waals surface area (Å²) in [5.41, 5.74) is 0. The summed E-state index contributed by atoms with van der Waals surface area (Å²) in [4.78, 5) is 0. The third-order valence-corrected chi connectivity index (χ3v) is 16.6. The van der Waals surface area contributed by atoms with Gasteiger partial charge in [0.25, 0.3) is 16.5 Å². The topological polar surface area (TPSA) is 37.9 Å². The third kappa shape index (κ3) is 7.77. The molecule has 0 unspecified atom stereocenters. The van der Waals surface area contributed by atoms with E-state index in [-0.39, 0.29) is 13.1 Å². The summed E-state index contributed by atoms with van der Waals surface area (Å²) in [5, 5.41) is 7.29. The first kappa shape index (κ1) is 35.3. The van der Waals surface area contributed by atoms with E-state index in [0.29, 0.717) is 11.5 Å². The molecule has 248 valence electrons. The van der Waals surface area contributed by atoms with Crippen molar-refractivity contribution in [3.8, 4) is 0 Å². The molecule has 0 atom stereocenters. The van der Waals surface area contributed by atoms with Crippen LogP contribution in [-0.4, -0.2) is 28.9 Å². The zero-order chi connectivity index (χ0) is 34.5. The molecule has 0 amide bonds. The van der Waals surface area contributed by atoms with Crippen LogP contribution in [0.25, 0.3) is 0 Å². The van der Waals surface area contributed by atoms with Crippen molar-refractivity contribution in [3.63, 3.8) is 0 Å². The number of hydrogen-bond donors (Lipinski definition) is 0. The molecule has 0 aliphatic rings. The Morgan fingerprint density at radius 3 is 0.760 bits per heavy atom. The number of rotatable bonds is 10. The van der Waals surface area contributed by atoms with Crippen LogP contribution in [0.5, 0.6) is 0 Å². The molecule has 0 bridgehead atoms. The standard InChI is InChI=1S/C42H34N2OSi2.2ClH.Fe/c1-7-19-37(20-8-1)46(38-21-9-2-10-22-38,39-23-11-3-12-24-39)43-33-35-31-32-36(45-35)34-44-47(40-25-13-4-14-26-40,41-27-15-5-16-28-41)42-29-17-6-18-30-42;;;/h1-34H;2*1H;/q;;;+2/p-2/b43-33+,44-34+;;;. The van der Waals surface area contributed by atoms with E-state index in [2.05, 4.69) is 182 Å². The van der Waals surface area contributed by atoms with Crippen molar-refractivity contribution in [2.45, 2.75) is 0 Å². The summed E-state index contributed by atoms with van der Waals surface area (Å²) in [6.45, 7) is 0. The Morgan fingerprint density at radius 2 is 0.560 bits per heavy atom. The Hall–Kier alpha value is -4.53. The van der Waals surface area contributed by atoms with E-state index in [1.54, 1.807) is 0 Å². The minimum absolute atomic E-state index is 0.194. The average Bonchev–Trinajstić information content (AvgIpc) is 3.66. The summed E-state index contributed by atoms with van der Waals surface area (Å²) in [6, 6.07) is 67.9. The van der Waals surface area contributed by atoms with E-state index < -0.39 is 16.5 Å². The molecule has 0 aliphatic carbocycles. The van der Waals surface area contributed by atoms with Crippen molar-refractivity contribution in [3.05, 3.63) is 206 Å². The fourth-order valence-corrected chi connectivity index (χ4v) is 13.9. The van der Waals surface area contributed by atoms with Crippen molar-refractivity contribution in [1.29, 1.82) is 0 Å². The second kappa shape index (κ2) is 17.4. The van der Waals surface area contributed by atoms with E-state index in [1.165, 1.54) is 31.1 Å². The first-order chi connectivity index (χ1) is 24.7. The Balaban J connectivity index is 0.00000139. The quantitative estimate of drug-likeness (QED) is 0.0856. The van der Waals surface area contributed by atoms with Gasteiger partial charge in [-0.1, -0.05) is 182 Å². The first-order valence-corrected chi connectivity index (χ1v) is 23.0. The maximum atomic E-state index is 6.44. The SMILES string of the molecule is C(=N\[Si](c1ccccc1)(c1ccccc1)c1ccccc1)/c1ccc(/C=N/[Si](c2ccccc2)(c2ccccc2)c2ccccc2)o1.[Cl][Fe][Cl]. The van der Waals surface area contributed by atoms with Gasteiger partial charge in [-0.3, -0.25) is 0 Å². The molecule has 1 heterocycles. The molecule has 0 radical (unpaired) electrons.